The molecule has 3 nitrogen and oxygen atoms in total. The van der Waals surface area contributed by atoms with Crippen molar-refractivity contribution in [2.24, 2.45) is 11.7 Å². The second-order valence-corrected chi connectivity index (χ2v) is 7.06. The zero-order valence-electron chi connectivity index (χ0n) is 15.7. The van der Waals surface area contributed by atoms with Crippen molar-refractivity contribution in [2.45, 2.75) is 96.5 Å². The van der Waals surface area contributed by atoms with Crippen molar-refractivity contribution < 1.29 is 5.11 Å². The topological polar surface area (TPSA) is 58.3 Å². The first-order chi connectivity index (χ1) is 11.2. The highest BCUT2D eigenvalue weighted by Crippen LogP contribution is 2.19. The summed E-state index contributed by atoms with van der Waals surface area (Å²) in [6, 6.07) is 0. The summed E-state index contributed by atoms with van der Waals surface area (Å²) in [6.45, 7) is 8.25. The molecular formula is C20H43N2O. The summed E-state index contributed by atoms with van der Waals surface area (Å²) in [7, 11) is 0. The fraction of sp³-hybridized carbons (Fsp3) is 0.950. The van der Waals surface area contributed by atoms with Crippen molar-refractivity contribution in [1.82, 2.24) is 5.32 Å². The summed E-state index contributed by atoms with van der Waals surface area (Å²) in [4.78, 5) is 0. The lowest BCUT2D eigenvalue weighted by Crippen LogP contribution is -2.26. The summed E-state index contributed by atoms with van der Waals surface area (Å²) in [5, 5.41) is 12.4. The van der Waals surface area contributed by atoms with Gasteiger partial charge in [-0.15, -0.1) is 0 Å². The van der Waals surface area contributed by atoms with Gasteiger partial charge in [0.25, 0.3) is 0 Å². The quantitative estimate of drug-likeness (QED) is 0.326. The van der Waals surface area contributed by atoms with Gasteiger partial charge >= 0.3 is 0 Å². The standard InChI is InChI=1S/C20H43N2O/c1-3-4-5-6-7-8-9-10-11-13-20(14-12-16-21)15-17-22-18-19(2)23/h19-20,22-23H,2-18,21H2,1H3. The van der Waals surface area contributed by atoms with Gasteiger partial charge in [-0.2, -0.15) is 0 Å². The number of rotatable bonds is 18. The first kappa shape index (κ1) is 22.9. The van der Waals surface area contributed by atoms with Crippen LogP contribution in [-0.4, -0.2) is 30.8 Å². The highest BCUT2D eigenvalue weighted by molar-refractivity contribution is 4.65. The Labute approximate surface area is 145 Å². The molecule has 0 fully saturated rings. The molecular weight excluding hydrogens is 284 g/mol. The lowest BCUT2D eigenvalue weighted by Gasteiger charge is -2.17. The van der Waals surface area contributed by atoms with Gasteiger partial charge < -0.3 is 16.2 Å². The van der Waals surface area contributed by atoms with Crippen LogP contribution in [-0.2, 0) is 0 Å². The van der Waals surface area contributed by atoms with Crippen LogP contribution >= 0.6 is 0 Å². The molecule has 2 unspecified atom stereocenters. The van der Waals surface area contributed by atoms with Crippen molar-refractivity contribution >= 4 is 0 Å². The van der Waals surface area contributed by atoms with E-state index in [1.807, 2.05) is 0 Å². The Morgan fingerprint density at radius 3 is 2.00 bits per heavy atom. The molecule has 0 aliphatic rings. The molecule has 0 saturated heterocycles. The molecule has 139 valence electrons. The van der Waals surface area contributed by atoms with Crippen molar-refractivity contribution in [3.8, 4) is 0 Å². The van der Waals surface area contributed by atoms with E-state index in [0.29, 0.717) is 6.54 Å². The van der Waals surface area contributed by atoms with E-state index in [2.05, 4.69) is 19.2 Å². The van der Waals surface area contributed by atoms with Crippen LogP contribution in [0.5, 0.6) is 0 Å². The molecule has 4 N–H and O–H groups in total. The minimum Gasteiger partial charge on any atom is -0.392 e. The molecule has 0 heterocycles. The molecule has 0 aromatic heterocycles. The SMILES string of the molecule is [CH2]C(O)CNCCC(CCCN)CCCCCCCCCCC. The van der Waals surface area contributed by atoms with Crippen LogP contribution in [0.15, 0.2) is 0 Å². The summed E-state index contributed by atoms with van der Waals surface area (Å²) in [6.07, 6.45) is 17.0. The highest BCUT2D eigenvalue weighted by atomic mass is 16.3. The predicted molar refractivity (Wildman–Crippen MR) is 102 cm³/mol. The van der Waals surface area contributed by atoms with Gasteiger partial charge in [0.1, 0.15) is 0 Å². The molecule has 0 aliphatic heterocycles. The van der Waals surface area contributed by atoms with Crippen LogP contribution in [0, 0.1) is 12.8 Å². The Morgan fingerprint density at radius 2 is 1.43 bits per heavy atom. The largest absolute Gasteiger partial charge is 0.392 e. The van der Waals surface area contributed by atoms with Crippen LogP contribution in [0.3, 0.4) is 0 Å². The van der Waals surface area contributed by atoms with Gasteiger partial charge in [-0.25, -0.2) is 0 Å². The fourth-order valence-corrected chi connectivity index (χ4v) is 3.16. The zero-order chi connectivity index (χ0) is 17.2. The highest BCUT2D eigenvalue weighted by Gasteiger charge is 2.08. The van der Waals surface area contributed by atoms with Crippen molar-refractivity contribution in [3.05, 3.63) is 6.92 Å². The molecule has 0 aliphatic carbocycles. The van der Waals surface area contributed by atoms with Crippen LogP contribution in [0.25, 0.3) is 0 Å². The summed E-state index contributed by atoms with van der Waals surface area (Å²) in [5.74, 6) is 0.789. The second-order valence-electron chi connectivity index (χ2n) is 7.06. The predicted octanol–water partition coefficient (Wildman–Crippen LogP) is 4.44. The van der Waals surface area contributed by atoms with Gasteiger partial charge in [-0.3, -0.25) is 0 Å². The number of nitrogens with one attached hydrogen (secondary N) is 1. The maximum atomic E-state index is 9.16. The first-order valence-corrected chi connectivity index (χ1v) is 10.1. The molecule has 0 bridgehead atoms. The number of aliphatic hydroxyl groups excluding tert-OH is 1. The van der Waals surface area contributed by atoms with Crippen LogP contribution in [0.4, 0.5) is 0 Å². The van der Waals surface area contributed by atoms with E-state index in [4.69, 9.17) is 10.8 Å². The third kappa shape index (κ3) is 18.1. The average molecular weight is 328 g/mol. The van der Waals surface area contributed by atoms with Gasteiger partial charge in [0, 0.05) is 6.54 Å². The lowest BCUT2D eigenvalue weighted by atomic mass is 9.92. The van der Waals surface area contributed by atoms with Crippen LogP contribution in [0.2, 0.25) is 0 Å². The van der Waals surface area contributed by atoms with Crippen LogP contribution in [0.1, 0.15) is 90.4 Å². The Morgan fingerprint density at radius 1 is 0.870 bits per heavy atom. The maximum Gasteiger partial charge on any atom is 0.0665 e. The molecule has 23 heavy (non-hydrogen) atoms. The smallest absolute Gasteiger partial charge is 0.0665 e. The van der Waals surface area contributed by atoms with Crippen molar-refractivity contribution in [3.63, 3.8) is 0 Å². The minimum absolute atomic E-state index is 0.491. The number of hydrogen-bond donors (Lipinski definition) is 3. The molecule has 0 aromatic carbocycles. The van der Waals surface area contributed by atoms with E-state index in [9.17, 15) is 0 Å². The number of unbranched alkanes of at least 4 members (excludes halogenated alkanes) is 8. The van der Waals surface area contributed by atoms with Gasteiger partial charge in [0.15, 0.2) is 0 Å². The van der Waals surface area contributed by atoms with E-state index >= 15 is 0 Å². The Hall–Kier alpha value is -0.120. The molecule has 0 rings (SSSR count). The molecule has 0 aromatic rings. The summed E-state index contributed by atoms with van der Waals surface area (Å²) in [5.41, 5.74) is 5.66. The van der Waals surface area contributed by atoms with Gasteiger partial charge in [-0.05, 0) is 45.2 Å². The molecule has 3 heteroatoms. The Balaban J connectivity index is 3.55. The average Bonchev–Trinajstić information content (AvgIpc) is 2.53. The Bertz CT molecular complexity index is 222. The van der Waals surface area contributed by atoms with E-state index < -0.39 is 6.10 Å². The third-order valence-corrected chi connectivity index (χ3v) is 4.64. The minimum atomic E-state index is -0.491. The van der Waals surface area contributed by atoms with E-state index in [1.54, 1.807) is 0 Å². The molecule has 0 amide bonds. The second kappa shape index (κ2) is 18.2. The van der Waals surface area contributed by atoms with Crippen LogP contribution < -0.4 is 11.1 Å². The summed E-state index contributed by atoms with van der Waals surface area (Å²) < 4.78 is 0. The fourth-order valence-electron chi connectivity index (χ4n) is 3.16. The third-order valence-electron chi connectivity index (χ3n) is 4.64. The molecule has 0 saturated carbocycles. The number of hydrogen-bond acceptors (Lipinski definition) is 3. The van der Waals surface area contributed by atoms with E-state index in [0.717, 1.165) is 25.4 Å². The lowest BCUT2D eigenvalue weighted by molar-refractivity contribution is 0.214. The van der Waals surface area contributed by atoms with E-state index in [-0.39, 0.29) is 0 Å². The summed E-state index contributed by atoms with van der Waals surface area (Å²) >= 11 is 0. The zero-order valence-corrected chi connectivity index (χ0v) is 15.7. The normalized spacial score (nSPS) is 14.1. The van der Waals surface area contributed by atoms with Gasteiger partial charge in [0.2, 0.25) is 0 Å². The van der Waals surface area contributed by atoms with E-state index in [1.165, 1.54) is 77.0 Å². The number of aliphatic hydroxyl groups is 1. The molecule has 1 radical (unpaired) electrons. The van der Waals surface area contributed by atoms with Gasteiger partial charge in [-0.1, -0.05) is 71.1 Å². The molecule has 0 spiro atoms. The first-order valence-electron chi connectivity index (χ1n) is 10.1. The maximum absolute atomic E-state index is 9.16. The Kier molecular flexibility index (Phi) is 18.1. The van der Waals surface area contributed by atoms with Crippen molar-refractivity contribution in [2.75, 3.05) is 19.6 Å². The van der Waals surface area contributed by atoms with Crippen molar-refractivity contribution in [1.29, 1.82) is 0 Å². The molecule has 2 atom stereocenters. The number of nitrogens with two attached hydrogens (primary N) is 1. The monoisotopic (exact) mass is 327 g/mol. The van der Waals surface area contributed by atoms with Gasteiger partial charge in [0.05, 0.1) is 6.10 Å².